The van der Waals surface area contributed by atoms with Crippen LogP contribution in [0, 0.1) is 11.7 Å². The van der Waals surface area contributed by atoms with Crippen molar-refractivity contribution >= 4 is 29.9 Å². The molecular formula is C14H21ClFN3O2. The SMILES string of the molecule is CC(C)C[C@H](N)C(=O)NCC(=O)Nc1ccc(F)cc1.Cl. The third-order valence-corrected chi connectivity index (χ3v) is 2.61. The van der Waals surface area contributed by atoms with Crippen molar-refractivity contribution in [1.29, 1.82) is 0 Å². The molecule has 0 saturated carbocycles. The zero-order chi connectivity index (χ0) is 15.1. The maximum absolute atomic E-state index is 12.7. The van der Waals surface area contributed by atoms with Gasteiger partial charge in [-0.25, -0.2) is 4.39 Å². The molecule has 0 bridgehead atoms. The fraction of sp³-hybridized carbons (Fsp3) is 0.429. The number of nitrogens with two attached hydrogens (primary N) is 1. The number of halogens is 2. The Kier molecular flexibility index (Phi) is 8.57. The molecule has 5 nitrogen and oxygen atoms in total. The number of carbonyl (C=O) groups is 2. The Morgan fingerprint density at radius 1 is 1.24 bits per heavy atom. The lowest BCUT2D eigenvalue weighted by Gasteiger charge is -2.14. The molecule has 1 aromatic rings. The Hall–Kier alpha value is -1.66. The highest BCUT2D eigenvalue weighted by atomic mass is 35.5. The minimum Gasteiger partial charge on any atom is -0.346 e. The van der Waals surface area contributed by atoms with Crippen molar-refractivity contribution in [2.75, 3.05) is 11.9 Å². The first-order chi connectivity index (χ1) is 9.38. The van der Waals surface area contributed by atoms with Gasteiger partial charge in [-0.1, -0.05) is 13.8 Å². The summed E-state index contributed by atoms with van der Waals surface area (Å²) in [4.78, 5) is 23.2. The number of nitrogens with one attached hydrogen (secondary N) is 2. The fourth-order valence-electron chi connectivity index (χ4n) is 1.65. The van der Waals surface area contributed by atoms with E-state index in [4.69, 9.17) is 5.73 Å². The van der Waals surface area contributed by atoms with Crippen LogP contribution in [-0.4, -0.2) is 24.4 Å². The molecule has 0 saturated heterocycles. The first-order valence-corrected chi connectivity index (χ1v) is 6.47. The smallest absolute Gasteiger partial charge is 0.243 e. The van der Waals surface area contributed by atoms with Gasteiger partial charge in [-0.15, -0.1) is 12.4 Å². The van der Waals surface area contributed by atoms with E-state index in [0.29, 0.717) is 18.0 Å². The zero-order valence-corrected chi connectivity index (χ0v) is 12.9. The summed E-state index contributed by atoms with van der Waals surface area (Å²) < 4.78 is 12.7. The summed E-state index contributed by atoms with van der Waals surface area (Å²) in [6.07, 6.45) is 0.561. The number of hydrogen-bond donors (Lipinski definition) is 3. The van der Waals surface area contributed by atoms with Gasteiger partial charge in [-0.05, 0) is 36.6 Å². The van der Waals surface area contributed by atoms with E-state index in [1.165, 1.54) is 24.3 Å². The fourth-order valence-corrected chi connectivity index (χ4v) is 1.65. The van der Waals surface area contributed by atoms with Crippen molar-refractivity contribution in [2.24, 2.45) is 11.7 Å². The summed E-state index contributed by atoms with van der Waals surface area (Å²) in [6, 6.07) is 4.76. The third kappa shape index (κ3) is 7.63. The van der Waals surface area contributed by atoms with Crippen molar-refractivity contribution in [3.05, 3.63) is 30.1 Å². The highest BCUT2D eigenvalue weighted by Crippen LogP contribution is 2.07. The Bertz CT molecular complexity index is 466. The van der Waals surface area contributed by atoms with E-state index in [9.17, 15) is 14.0 Å². The average Bonchev–Trinajstić information content (AvgIpc) is 2.38. The monoisotopic (exact) mass is 317 g/mol. The standard InChI is InChI=1S/C14H20FN3O2.ClH/c1-9(2)7-12(16)14(20)17-8-13(19)18-11-5-3-10(15)4-6-11;/h3-6,9,12H,7-8,16H2,1-2H3,(H,17,20)(H,18,19);1H/t12-;/m0./s1. The van der Waals surface area contributed by atoms with Gasteiger partial charge in [0.2, 0.25) is 11.8 Å². The number of benzene rings is 1. The molecule has 0 aliphatic heterocycles. The van der Waals surface area contributed by atoms with Gasteiger partial charge < -0.3 is 16.4 Å². The molecule has 1 aromatic carbocycles. The second kappa shape index (κ2) is 9.31. The molecule has 0 aliphatic carbocycles. The number of hydrogen-bond acceptors (Lipinski definition) is 3. The van der Waals surface area contributed by atoms with Crippen LogP contribution in [0.5, 0.6) is 0 Å². The molecular weight excluding hydrogens is 297 g/mol. The highest BCUT2D eigenvalue weighted by Gasteiger charge is 2.15. The van der Waals surface area contributed by atoms with Gasteiger partial charge >= 0.3 is 0 Å². The third-order valence-electron chi connectivity index (χ3n) is 2.61. The molecule has 21 heavy (non-hydrogen) atoms. The highest BCUT2D eigenvalue weighted by molar-refractivity contribution is 5.95. The van der Waals surface area contributed by atoms with Gasteiger partial charge in [0.25, 0.3) is 0 Å². The zero-order valence-electron chi connectivity index (χ0n) is 12.1. The summed E-state index contributed by atoms with van der Waals surface area (Å²) in [5.41, 5.74) is 6.16. The van der Waals surface area contributed by atoms with E-state index in [1.807, 2.05) is 13.8 Å². The lowest BCUT2D eigenvalue weighted by molar-refractivity contribution is -0.125. The first-order valence-electron chi connectivity index (χ1n) is 6.47. The molecule has 0 radical (unpaired) electrons. The lowest BCUT2D eigenvalue weighted by Crippen LogP contribution is -2.44. The Morgan fingerprint density at radius 3 is 2.33 bits per heavy atom. The van der Waals surface area contributed by atoms with Crippen molar-refractivity contribution < 1.29 is 14.0 Å². The van der Waals surface area contributed by atoms with Crippen LogP contribution in [-0.2, 0) is 9.59 Å². The molecule has 7 heteroatoms. The van der Waals surface area contributed by atoms with Gasteiger partial charge in [-0.2, -0.15) is 0 Å². The van der Waals surface area contributed by atoms with Gasteiger partial charge in [0.15, 0.2) is 0 Å². The maximum atomic E-state index is 12.7. The topological polar surface area (TPSA) is 84.2 Å². The van der Waals surface area contributed by atoms with Crippen molar-refractivity contribution in [1.82, 2.24) is 5.32 Å². The van der Waals surface area contributed by atoms with E-state index < -0.39 is 6.04 Å². The normalized spacial score (nSPS) is 11.5. The summed E-state index contributed by atoms with van der Waals surface area (Å²) in [6.45, 7) is 3.77. The second-order valence-corrected chi connectivity index (χ2v) is 5.01. The van der Waals surface area contributed by atoms with E-state index >= 15 is 0 Å². The van der Waals surface area contributed by atoms with E-state index in [2.05, 4.69) is 10.6 Å². The summed E-state index contributed by atoms with van der Waals surface area (Å²) in [5, 5.41) is 5.01. The molecule has 0 aliphatic rings. The Balaban J connectivity index is 0.00000400. The molecule has 118 valence electrons. The number of amides is 2. The van der Waals surface area contributed by atoms with Crippen molar-refractivity contribution in [3.63, 3.8) is 0 Å². The Morgan fingerprint density at radius 2 is 1.81 bits per heavy atom. The lowest BCUT2D eigenvalue weighted by atomic mass is 10.0. The van der Waals surface area contributed by atoms with Crippen LogP contribution in [0.2, 0.25) is 0 Å². The minimum atomic E-state index is -0.617. The van der Waals surface area contributed by atoms with Crippen LogP contribution in [0.25, 0.3) is 0 Å². The molecule has 4 N–H and O–H groups in total. The molecule has 0 heterocycles. The number of carbonyl (C=O) groups excluding carboxylic acids is 2. The molecule has 0 spiro atoms. The Labute approximate surface area is 129 Å². The molecule has 0 fully saturated rings. The predicted molar refractivity (Wildman–Crippen MR) is 82.7 cm³/mol. The minimum absolute atomic E-state index is 0. The van der Waals surface area contributed by atoms with Gasteiger partial charge in [0.05, 0.1) is 12.6 Å². The van der Waals surface area contributed by atoms with Crippen molar-refractivity contribution in [2.45, 2.75) is 26.3 Å². The maximum Gasteiger partial charge on any atom is 0.243 e. The largest absolute Gasteiger partial charge is 0.346 e. The first kappa shape index (κ1) is 19.3. The van der Waals surface area contributed by atoms with E-state index in [0.717, 1.165) is 0 Å². The molecule has 0 unspecified atom stereocenters. The number of rotatable bonds is 6. The van der Waals surface area contributed by atoms with Gasteiger partial charge in [0.1, 0.15) is 5.82 Å². The van der Waals surface area contributed by atoms with Crippen LogP contribution in [0.15, 0.2) is 24.3 Å². The summed E-state index contributed by atoms with van der Waals surface area (Å²) in [5.74, 6) is -0.811. The van der Waals surface area contributed by atoms with Crippen molar-refractivity contribution in [3.8, 4) is 0 Å². The van der Waals surface area contributed by atoms with Gasteiger partial charge in [0, 0.05) is 5.69 Å². The van der Waals surface area contributed by atoms with Gasteiger partial charge in [-0.3, -0.25) is 9.59 Å². The summed E-state index contributed by atoms with van der Waals surface area (Å²) in [7, 11) is 0. The van der Waals surface area contributed by atoms with Crippen LogP contribution >= 0.6 is 12.4 Å². The van der Waals surface area contributed by atoms with Crippen LogP contribution in [0.1, 0.15) is 20.3 Å². The predicted octanol–water partition coefficient (Wildman–Crippen LogP) is 1.68. The van der Waals surface area contributed by atoms with E-state index in [1.54, 1.807) is 0 Å². The average molecular weight is 318 g/mol. The molecule has 0 aromatic heterocycles. The second-order valence-electron chi connectivity index (χ2n) is 5.01. The summed E-state index contributed by atoms with van der Waals surface area (Å²) >= 11 is 0. The van der Waals surface area contributed by atoms with Crippen LogP contribution in [0.4, 0.5) is 10.1 Å². The van der Waals surface area contributed by atoms with E-state index in [-0.39, 0.29) is 36.6 Å². The molecule has 1 rings (SSSR count). The number of anilines is 1. The van der Waals surface area contributed by atoms with Crippen LogP contribution in [0.3, 0.4) is 0 Å². The quantitative estimate of drug-likeness (QED) is 0.746. The molecule has 1 atom stereocenters. The van der Waals surface area contributed by atoms with Crippen LogP contribution < -0.4 is 16.4 Å². The molecule has 2 amide bonds.